The van der Waals surface area contributed by atoms with Gasteiger partial charge in [0.25, 0.3) is 0 Å². The molecule has 0 spiro atoms. The molecule has 2 heteroatoms. The first-order valence-corrected chi connectivity index (χ1v) is 5.86. The van der Waals surface area contributed by atoms with E-state index >= 15 is 0 Å². The fraction of sp³-hybridized carbons (Fsp3) is 0.917. The number of carbonyl (C=O) groups is 1. The fourth-order valence-corrected chi connectivity index (χ4v) is 2.48. The molecule has 1 aliphatic rings. The number of hydrogen-bond donors (Lipinski definition) is 1. The minimum absolute atomic E-state index is 0.154. The first kappa shape index (κ1) is 11.5. The lowest BCUT2D eigenvalue weighted by Crippen LogP contribution is -2.19. The number of aliphatic carboxylic acids is 1. The maximum Gasteiger partial charge on any atom is 0.306 e. The quantitative estimate of drug-likeness (QED) is 0.752. The van der Waals surface area contributed by atoms with Crippen molar-refractivity contribution in [2.24, 2.45) is 17.8 Å². The van der Waals surface area contributed by atoms with Gasteiger partial charge in [0, 0.05) is 0 Å². The molecule has 1 atom stereocenters. The molecule has 1 fully saturated rings. The van der Waals surface area contributed by atoms with Crippen LogP contribution in [0, 0.1) is 17.8 Å². The molecule has 1 unspecified atom stereocenters. The average molecular weight is 198 g/mol. The van der Waals surface area contributed by atoms with Gasteiger partial charge in [0.2, 0.25) is 0 Å². The van der Waals surface area contributed by atoms with E-state index in [0.29, 0.717) is 5.92 Å². The molecule has 1 saturated carbocycles. The number of hydrogen-bond acceptors (Lipinski definition) is 1. The summed E-state index contributed by atoms with van der Waals surface area (Å²) < 4.78 is 0. The summed E-state index contributed by atoms with van der Waals surface area (Å²) >= 11 is 0. The lowest BCUT2D eigenvalue weighted by atomic mass is 9.77. The molecule has 82 valence electrons. The summed E-state index contributed by atoms with van der Waals surface area (Å²) in [6.45, 7) is 4.08. The van der Waals surface area contributed by atoms with Crippen molar-refractivity contribution in [3.8, 4) is 0 Å². The summed E-state index contributed by atoms with van der Waals surface area (Å²) in [4.78, 5) is 10.7. The van der Waals surface area contributed by atoms with Crippen LogP contribution in [0.2, 0.25) is 0 Å². The van der Waals surface area contributed by atoms with Crippen LogP contribution < -0.4 is 0 Å². The second-order valence-electron chi connectivity index (χ2n) is 4.77. The molecule has 0 aromatic rings. The van der Waals surface area contributed by atoms with E-state index in [0.717, 1.165) is 12.3 Å². The van der Waals surface area contributed by atoms with Gasteiger partial charge in [-0.25, -0.2) is 0 Å². The van der Waals surface area contributed by atoms with Gasteiger partial charge in [0.05, 0.1) is 5.92 Å². The first-order chi connectivity index (χ1) is 6.63. The van der Waals surface area contributed by atoms with Crippen LogP contribution in [0.5, 0.6) is 0 Å². The summed E-state index contributed by atoms with van der Waals surface area (Å²) in [6, 6.07) is 0. The molecular weight excluding hydrogens is 176 g/mol. The molecule has 0 heterocycles. The lowest BCUT2D eigenvalue weighted by Gasteiger charge is -2.28. The van der Waals surface area contributed by atoms with Crippen LogP contribution in [0.15, 0.2) is 0 Å². The molecule has 1 aliphatic carbocycles. The van der Waals surface area contributed by atoms with Gasteiger partial charge in [-0.2, -0.15) is 0 Å². The molecule has 1 N–H and O–H groups in total. The Balaban J connectivity index is 2.25. The Morgan fingerprint density at radius 1 is 1.29 bits per heavy atom. The molecule has 0 aliphatic heterocycles. The van der Waals surface area contributed by atoms with E-state index < -0.39 is 5.97 Å². The van der Waals surface area contributed by atoms with E-state index in [-0.39, 0.29) is 5.92 Å². The molecule has 14 heavy (non-hydrogen) atoms. The van der Waals surface area contributed by atoms with Crippen molar-refractivity contribution in [1.29, 1.82) is 0 Å². The average Bonchev–Trinajstić information content (AvgIpc) is 2.19. The lowest BCUT2D eigenvalue weighted by molar-refractivity contribution is -0.141. The highest BCUT2D eigenvalue weighted by molar-refractivity contribution is 5.69. The Hall–Kier alpha value is -0.530. The summed E-state index contributed by atoms with van der Waals surface area (Å²) in [7, 11) is 0. The molecule has 0 bridgehead atoms. The van der Waals surface area contributed by atoms with Crippen LogP contribution in [0.3, 0.4) is 0 Å². The highest BCUT2D eigenvalue weighted by Crippen LogP contribution is 2.33. The van der Waals surface area contributed by atoms with E-state index in [1.54, 1.807) is 0 Å². The Morgan fingerprint density at radius 3 is 2.21 bits per heavy atom. The molecule has 1 rings (SSSR count). The van der Waals surface area contributed by atoms with Crippen LogP contribution in [0.1, 0.15) is 52.4 Å². The Labute approximate surface area is 86.7 Å². The zero-order chi connectivity index (χ0) is 10.6. The summed E-state index contributed by atoms with van der Waals surface area (Å²) in [6.07, 6.45) is 7.29. The summed E-state index contributed by atoms with van der Waals surface area (Å²) in [5.41, 5.74) is 0. The smallest absolute Gasteiger partial charge is 0.306 e. The van der Waals surface area contributed by atoms with Crippen LogP contribution in [0.25, 0.3) is 0 Å². The Kier molecular flexibility index (Phi) is 4.43. The van der Waals surface area contributed by atoms with E-state index in [9.17, 15) is 4.79 Å². The molecule has 0 radical (unpaired) electrons. The fourth-order valence-electron chi connectivity index (χ4n) is 2.48. The van der Waals surface area contributed by atoms with Gasteiger partial charge >= 0.3 is 5.97 Å². The largest absolute Gasteiger partial charge is 0.481 e. The van der Waals surface area contributed by atoms with Crippen molar-refractivity contribution >= 4 is 5.97 Å². The van der Waals surface area contributed by atoms with E-state index in [1.807, 2.05) is 6.92 Å². The van der Waals surface area contributed by atoms with Crippen molar-refractivity contribution in [2.75, 3.05) is 0 Å². The Morgan fingerprint density at radius 2 is 1.79 bits per heavy atom. The SMILES string of the molecule is CCC1CCC(CC(C)C(=O)O)CC1. The van der Waals surface area contributed by atoms with Crippen molar-refractivity contribution in [3.63, 3.8) is 0 Å². The van der Waals surface area contributed by atoms with Crippen LogP contribution in [-0.4, -0.2) is 11.1 Å². The standard InChI is InChI=1S/C12H22O2/c1-3-10-4-6-11(7-5-10)8-9(2)12(13)14/h9-11H,3-8H2,1-2H3,(H,13,14). The van der Waals surface area contributed by atoms with E-state index in [1.165, 1.54) is 32.1 Å². The van der Waals surface area contributed by atoms with Gasteiger partial charge in [0.1, 0.15) is 0 Å². The maximum absolute atomic E-state index is 10.7. The molecule has 0 aromatic carbocycles. The third kappa shape index (κ3) is 3.32. The molecule has 0 saturated heterocycles. The second-order valence-corrected chi connectivity index (χ2v) is 4.77. The second kappa shape index (κ2) is 5.38. The number of carboxylic acids is 1. The monoisotopic (exact) mass is 198 g/mol. The van der Waals surface area contributed by atoms with Gasteiger partial charge in [-0.1, -0.05) is 46.0 Å². The van der Waals surface area contributed by atoms with E-state index in [2.05, 4.69) is 6.92 Å². The molecule has 0 amide bonds. The van der Waals surface area contributed by atoms with Crippen LogP contribution in [0.4, 0.5) is 0 Å². The Bertz CT molecular complexity index is 181. The highest BCUT2D eigenvalue weighted by atomic mass is 16.4. The summed E-state index contributed by atoms with van der Waals surface area (Å²) in [5.74, 6) is 0.788. The van der Waals surface area contributed by atoms with Crippen molar-refractivity contribution in [3.05, 3.63) is 0 Å². The van der Waals surface area contributed by atoms with Gasteiger partial charge in [-0.3, -0.25) is 4.79 Å². The molecule has 0 aromatic heterocycles. The van der Waals surface area contributed by atoms with Gasteiger partial charge < -0.3 is 5.11 Å². The number of carboxylic acid groups (broad SMARTS) is 1. The van der Waals surface area contributed by atoms with Gasteiger partial charge in [0.15, 0.2) is 0 Å². The third-order valence-electron chi connectivity index (χ3n) is 3.65. The minimum atomic E-state index is -0.636. The van der Waals surface area contributed by atoms with Crippen molar-refractivity contribution in [2.45, 2.75) is 52.4 Å². The zero-order valence-corrected chi connectivity index (χ0v) is 9.33. The summed E-state index contributed by atoms with van der Waals surface area (Å²) in [5, 5.41) is 8.81. The van der Waals surface area contributed by atoms with Gasteiger partial charge in [-0.15, -0.1) is 0 Å². The third-order valence-corrected chi connectivity index (χ3v) is 3.65. The van der Waals surface area contributed by atoms with Gasteiger partial charge in [-0.05, 0) is 18.3 Å². The van der Waals surface area contributed by atoms with E-state index in [4.69, 9.17) is 5.11 Å². The van der Waals surface area contributed by atoms with Crippen molar-refractivity contribution in [1.82, 2.24) is 0 Å². The van der Waals surface area contributed by atoms with Crippen molar-refractivity contribution < 1.29 is 9.90 Å². The van der Waals surface area contributed by atoms with Crippen LogP contribution in [-0.2, 0) is 4.79 Å². The normalized spacial score (nSPS) is 29.9. The predicted molar refractivity (Wildman–Crippen MR) is 57.2 cm³/mol. The predicted octanol–water partition coefficient (Wildman–Crippen LogP) is 3.31. The van der Waals surface area contributed by atoms with Crippen LogP contribution >= 0.6 is 0 Å². The zero-order valence-electron chi connectivity index (χ0n) is 9.33. The molecule has 2 nitrogen and oxygen atoms in total. The molecular formula is C12H22O2. The minimum Gasteiger partial charge on any atom is -0.481 e. The maximum atomic E-state index is 10.7. The topological polar surface area (TPSA) is 37.3 Å². The number of rotatable bonds is 4. The highest BCUT2D eigenvalue weighted by Gasteiger charge is 2.23. The first-order valence-electron chi connectivity index (χ1n) is 5.86.